The number of nitrogens with zero attached hydrogens (tertiary/aromatic N) is 1. The first kappa shape index (κ1) is 16.4. The van der Waals surface area contributed by atoms with Gasteiger partial charge in [-0.3, -0.25) is 4.79 Å². The monoisotopic (exact) mass is 371 g/mol. The summed E-state index contributed by atoms with van der Waals surface area (Å²) in [4.78, 5) is 12.9. The number of carbonyl (C=O) groups excluding carboxylic acids is 1. The molecular weight excluding hydrogens is 360 g/mol. The summed E-state index contributed by atoms with van der Waals surface area (Å²) in [7, 11) is -0.935. The third kappa shape index (κ3) is 2.89. The highest BCUT2D eigenvalue weighted by molar-refractivity contribution is 6.61. The Labute approximate surface area is 154 Å². The van der Waals surface area contributed by atoms with Gasteiger partial charge in [0.25, 0.3) is 0 Å². The minimum atomic E-state index is -0.935. The van der Waals surface area contributed by atoms with Crippen molar-refractivity contribution in [1.29, 1.82) is 0 Å². The fraction of sp³-hybridized carbons (Fsp3) is 0.0556. The molecule has 1 aromatic heterocycles. The van der Waals surface area contributed by atoms with Crippen molar-refractivity contribution >= 4 is 41.6 Å². The summed E-state index contributed by atoms with van der Waals surface area (Å²) in [5, 5.41) is 10.7. The molecule has 7 heteroatoms. The van der Waals surface area contributed by atoms with E-state index in [0.29, 0.717) is 33.4 Å². The summed E-state index contributed by atoms with van der Waals surface area (Å²) in [5.74, 6) is -0.205. The molecule has 2 heterocycles. The van der Waals surface area contributed by atoms with Gasteiger partial charge in [0.1, 0.15) is 0 Å². The van der Waals surface area contributed by atoms with Crippen LogP contribution in [0.4, 0.5) is 0 Å². The van der Waals surface area contributed by atoms with Gasteiger partial charge in [-0.05, 0) is 53.5 Å². The van der Waals surface area contributed by atoms with Gasteiger partial charge < -0.3 is 14.2 Å². The maximum atomic E-state index is 12.9. The van der Waals surface area contributed by atoms with Crippen LogP contribution in [0.25, 0.3) is 5.69 Å². The Bertz CT molecular complexity index is 986. The lowest BCUT2D eigenvalue weighted by atomic mass is 9.79. The van der Waals surface area contributed by atoms with E-state index in [1.165, 1.54) is 0 Å². The Hall–Kier alpha value is -2.05. The third-order valence-corrected chi connectivity index (χ3v) is 4.78. The number of halogens is 2. The van der Waals surface area contributed by atoms with Crippen LogP contribution in [0.2, 0.25) is 10.0 Å². The second kappa shape index (κ2) is 6.35. The van der Waals surface area contributed by atoms with E-state index in [2.05, 4.69) is 0 Å². The first-order chi connectivity index (χ1) is 12.0. The topological polar surface area (TPSA) is 51.5 Å². The number of hydrogen-bond acceptors (Lipinski definition) is 3. The molecule has 1 N–H and O–H groups in total. The molecule has 0 saturated carbocycles. The van der Waals surface area contributed by atoms with Crippen LogP contribution >= 0.6 is 23.2 Å². The number of ketones is 1. The average molecular weight is 372 g/mol. The van der Waals surface area contributed by atoms with Crippen molar-refractivity contribution in [2.75, 3.05) is 0 Å². The third-order valence-electron chi connectivity index (χ3n) is 4.23. The predicted molar refractivity (Wildman–Crippen MR) is 98.1 cm³/mol. The summed E-state index contributed by atoms with van der Waals surface area (Å²) in [6.07, 6.45) is 1.79. The van der Waals surface area contributed by atoms with Crippen LogP contribution < -0.4 is 5.46 Å². The van der Waals surface area contributed by atoms with E-state index in [4.69, 9.17) is 27.9 Å². The summed E-state index contributed by atoms with van der Waals surface area (Å²) in [6.45, 7) is 0.384. The molecule has 1 aliphatic rings. The standard InChI is InChI=1S/C18H12BCl2NO3/c20-12-4-6-14(16(21)8-12)18(23)17-2-1-7-22(17)13-5-3-11-10-25-19(24)15(11)9-13/h1-9,24H,10H2. The van der Waals surface area contributed by atoms with Crippen molar-refractivity contribution < 1.29 is 14.5 Å². The van der Waals surface area contributed by atoms with Crippen LogP contribution in [0.1, 0.15) is 21.6 Å². The van der Waals surface area contributed by atoms with Crippen LogP contribution in [-0.2, 0) is 11.3 Å². The van der Waals surface area contributed by atoms with E-state index in [1.807, 2.05) is 18.2 Å². The zero-order chi connectivity index (χ0) is 17.6. The number of fused-ring (bicyclic) bond motifs is 1. The highest BCUT2D eigenvalue weighted by Gasteiger charge is 2.28. The van der Waals surface area contributed by atoms with Crippen molar-refractivity contribution in [3.63, 3.8) is 0 Å². The molecule has 4 rings (SSSR count). The maximum absolute atomic E-state index is 12.9. The van der Waals surface area contributed by atoms with E-state index in [-0.39, 0.29) is 5.78 Å². The van der Waals surface area contributed by atoms with Crippen molar-refractivity contribution in [3.05, 3.63) is 81.6 Å². The Morgan fingerprint density at radius 2 is 2.00 bits per heavy atom. The van der Waals surface area contributed by atoms with Gasteiger partial charge in [0.2, 0.25) is 5.78 Å². The highest BCUT2D eigenvalue weighted by atomic mass is 35.5. The van der Waals surface area contributed by atoms with E-state index < -0.39 is 7.12 Å². The van der Waals surface area contributed by atoms with Gasteiger partial charge in [-0.15, -0.1) is 0 Å². The molecule has 0 aliphatic carbocycles. The molecule has 124 valence electrons. The van der Waals surface area contributed by atoms with Crippen molar-refractivity contribution in [1.82, 2.24) is 4.57 Å². The summed E-state index contributed by atoms with van der Waals surface area (Å²) < 4.78 is 6.98. The minimum Gasteiger partial charge on any atom is -0.423 e. The zero-order valence-electron chi connectivity index (χ0n) is 12.9. The molecule has 0 spiro atoms. The summed E-state index contributed by atoms with van der Waals surface area (Å²) >= 11 is 12.1. The second-order valence-electron chi connectivity index (χ2n) is 5.76. The number of aromatic nitrogens is 1. The van der Waals surface area contributed by atoms with Crippen LogP contribution in [0.15, 0.2) is 54.7 Å². The lowest BCUT2D eigenvalue weighted by Gasteiger charge is -2.11. The fourth-order valence-corrected chi connectivity index (χ4v) is 3.45. The highest BCUT2D eigenvalue weighted by Crippen LogP contribution is 2.25. The molecule has 1 aliphatic heterocycles. The summed E-state index contributed by atoms with van der Waals surface area (Å²) in [6, 6.07) is 13.9. The van der Waals surface area contributed by atoms with Crippen LogP contribution in [0.5, 0.6) is 0 Å². The molecule has 0 radical (unpaired) electrons. The predicted octanol–water partition coefficient (Wildman–Crippen LogP) is 3.23. The second-order valence-corrected chi connectivity index (χ2v) is 6.61. The number of rotatable bonds is 3. The van der Waals surface area contributed by atoms with Crippen LogP contribution in [0.3, 0.4) is 0 Å². The average Bonchev–Trinajstić information content (AvgIpc) is 3.21. The molecule has 0 saturated heterocycles. The van der Waals surface area contributed by atoms with E-state index in [0.717, 1.165) is 11.3 Å². The first-order valence-corrected chi connectivity index (χ1v) is 8.40. The Kier molecular flexibility index (Phi) is 4.17. The number of carbonyl (C=O) groups is 1. The molecule has 0 unspecified atom stereocenters. The van der Waals surface area contributed by atoms with Gasteiger partial charge in [-0.25, -0.2) is 0 Å². The molecule has 4 nitrogen and oxygen atoms in total. The SMILES string of the molecule is O=C(c1ccc(Cl)cc1Cl)c1cccn1-c1ccc2c(c1)B(O)OC2. The van der Waals surface area contributed by atoms with Gasteiger partial charge in [0.05, 0.1) is 17.3 Å². The van der Waals surface area contributed by atoms with Crippen LogP contribution in [0, 0.1) is 0 Å². The van der Waals surface area contributed by atoms with Crippen LogP contribution in [-0.4, -0.2) is 22.5 Å². The minimum absolute atomic E-state index is 0.205. The van der Waals surface area contributed by atoms with E-state index in [9.17, 15) is 9.82 Å². The van der Waals surface area contributed by atoms with Crippen molar-refractivity contribution in [2.45, 2.75) is 6.61 Å². The molecule has 0 amide bonds. The first-order valence-electron chi connectivity index (χ1n) is 7.64. The van der Waals surface area contributed by atoms with Crippen molar-refractivity contribution in [3.8, 4) is 5.69 Å². The van der Waals surface area contributed by atoms with E-state index in [1.54, 1.807) is 41.1 Å². The van der Waals surface area contributed by atoms with Crippen molar-refractivity contribution in [2.24, 2.45) is 0 Å². The Balaban J connectivity index is 1.76. The summed E-state index contributed by atoms with van der Waals surface area (Å²) in [5.41, 5.74) is 3.28. The molecule has 25 heavy (non-hydrogen) atoms. The maximum Gasteiger partial charge on any atom is 0.491 e. The molecular formula is C18H12BCl2NO3. The van der Waals surface area contributed by atoms with Gasteiger partial charge in [0, 0.05) is 22.5 Å². The molecule has 3 aromatic rings. The fourth-order valence-electron chi connectivity index (χ4n) is 2.95. The number of benzene rings is 2. The van der Waals surface area contributed by atoms with Gasteiger partial charge in [0.15, 0.2) is 0 Å². The number of hydrogen-bond donors (Lipinski definition) is 1. The largest absolute Gasteiger partial charge is 0.491 e. The lowest BCUT2D eigenvalue weighted by molar-refractivity contribution is 0.103. The van der Waals surface area contributed by atoms with Gasteiger partial charge >= 0.3 is 7.12 Å². The molecule has 0 bridgehead atoms. The Morgan fingerprint density at radius 3 is 2.80 bits per heavy atom. The normalized spacial score (nSPS) is 13.2. The van der Waals surface area contributed by atoms with Gasteiger partial charge in [-0.2, -0.15) is 0 Å². The quantitative estimate of drug-likeness (QED) is 0.568. The lowest BCUT2D eigenvalue weighted by Crippen LogP contribution is -2.28. The van der Waals surface area contributed by atoms with Gasteiger partial charge in [-0.1, -0.05) is 29.3 Å². The molecule has 0 fully saturated rings. The van der Waals surface area contributed by atoms with E-state index >= 15 is 0 Å². The zero-order valence-corrected chi connectivity index (χ0v) is 14.5. The Morgan fingerprint density at radius 1 is 1.16 bits per heavy atom. The smallest absolute Gasteiger partial charge is 0.423 e. The molecule has 0 atom stereocenters. The molecule has 2 aromatic carbocycles.